The summed E-state index contributed by atoms with van der Waals surface area (Å²) in [7, 11) is 0. The fourth-order valence-electron chi connectivity index (χ4n) is 2.39. The number of halogens is 1. The zero-order valence-electron chi connectivity index (χ0n) is 10.3. The number of aromatic nitrogens is 1. The van der Waals surface area contributed by atoms with Crippen LogP contribution in [-0.2, 0) is 6.42 Å². The average Bonchev–Trinajstić information content (AvgIpc) is 2.85. The molecule has 0 radical (unpaired) electrons. The highest BCUT2D eigenvalue weighted by Gasteiger charge is 2.30. The number of aliphatic hydroxyl groups is 1. The maximum Gasteiger partial charge on any atom is 0.123 e. The van der Waals surface area contributed by atoms with Gasteiger partial charge in [0.15, 0.2) is 0 Å². The summed E-state index contributed by atoms with van der Waals surface area (Å²) in [6.07, 6.45) is 1.81. The highest BCUT2D eigenvalue weighted by atomic mass is 79.9. The number of para-hydroxylation sites is 1. The van der Waals surface area contributed by atoms with Gasteiger partial charge in [-0.05, 0) is 34.1 Å². The summed E-state index contributed by atoms with van der Waals surface area (Å²) in [5, 5.41) is 10.4. The van der Waals surface area contributed by atoms with Crippen molar-refractivity contribution in [2.24, 2.45) is 0 Å². The van der Waals surface area contributed by atoms with E-state index in [1.807, 2.05) is 36.4 Å². The molecule has 4 heteroatoms. The van der Waals surface area contributed by atoms with Crippen LogP contribution in [0.5, 0.6) is 5.75 Å². The molecule has 1 N–H and O–H groups in total. The molecule has 3 nitrogen and oxygen atoms in total. The van der Waals surface area contributed by atoms with E-state index in [1.54, 1.807) is 6.20 Å². The lowest BCUT2D eigenvalue weighted by Gasteiger charge is -2.16. The predicted molar refractivity (Wildman–Crippen MR) is 76.3 cm³/mol. The van der Waals surface area contributed by atoms with Crippen molar-refractivity contribution in [2.45, 2.75) is 18.4 Å². The molecule has 98 valence electrons. The molecule has 1 aliphatic rings. The van der Waals surface area contributed by atoms with Gasteiger partial charge in [-0.1, -0.05) is 18.2 Å². The van der Waals surface area contributed by atoms with Crippen molar-refractivity contribution in [1.82, 2.24) is 4.98 Å². The third-order valence-electron chi connectivity index (χ3n) is 3.41. The van der Waals surface area contributed by atoms with Crippen LogP contribution >= 0.6 is 15.9 Å². The first kappa shape index (κ1) is 12.6. The molecule has 2 unspecified atom stereocenters. The van der Waals surface area contributed by atoms with Crippen molar-refractivity contribution in [1.29, 1.82) is 0 Å². The number of hydrogen-bond acceptors (Lipinski definition) is 3. The molecule has 2 heterocycles. The molecule has 1 aromatic heterocycles. The lowest BCUT2D eigenvalue weighted by atomic mass is 9.92. The fourth-order valence-corrected chi connectivity index (χ4v) is 2.62. The Balaban J connectivity index is 1.75. The maximum atomic E-state index is 10.4. The minimum absolute atomic E-state index is 0.0293. The van der Waals surface area contributed by atoms with Gasteiger partial charge in [-0.3, -0.25) is 4.98 Å². The fraction of sp³-hybridized carbons (Fsp3) is 0.267. The van der Waals surface area contributed by atoms with E-state index < -0.39 is 6.10 Å². The molecule has 1 aliphatic heterocycles. The van der Waals surface area contributed by atoms with Crippen LogP contribution in [0, 0.1) is 0 Å². The highest BCUT2D eigenvalue weighted by molar-refractivity contribution is 9.10. The Hall–Kier alpha value is -1.39. The number of fused-ring (bicyclic) bond motifs is 1. The second-order valence-electron chi connectivity index (χ2n) is 4.69. The summed E-state index contributed by atoms with van der Waals surface area (Å²) < 4.78 is 6.55. The van der Waals surface area contributed by atoms with Gasteiger partial charge in [-0.15, -0.1) is 0 Å². The lowest BCUT2D eigenvalue weighted by Crippen LogP contribution is -2.22. The molecule has 2 atom stereocenters. The van der Waals surface area contributed by atoms with Gasteiger partial charge in [0, 0.05) is 34.3 Å². The number of benzene rings is 1. The minimum Gasteiger partial charge on any atom is -0.493 e. The average molecular weight is 320 g/mol. The summed E-state index contributed by atoms with van der Waals surface area (Å²) >= 11 is 3.35. The lowest BCUT2D eigenvalue weighted by molar-refractivity contribution is 0.128. The molecule has 0 saturated carbocycles. The SMILES string of the molecule is OC(Cc1ccc(Br)cn1)C1COc2ccccc21. The number of ether oxygens (including phenoxy) is 1. The van der Waals surface area contributed by atoms with Gasteiger partial charge >= 0.3 is 0 Å². The van der Waals surface area contributed by atoms with Gasteiger partial charge in [0.1, 0.15) is 5.75 Å². The molecule has 0 aliphatic carbocycles. The Kier molecular flexibility index (Phi) is 3.53. The van der Waals surface area contributed by atoms with E-state index in [4.69, 9.17) is 4.74 Å². The standard InChI is InChI=1S/C15H14BrNO2/c16-10-5-6-11(17-8-10)7-14(18)13-9-19-15-4-2-1-3-12(13)15/h1-6,8,13-14,18H,7,9H2. The Labute approximate surface area is 120 Å². The van der Waals surface area contributed by atoms with Crippen LogP contribution in [-0.4, -0.2) is 22.8 Å². The van der Waals surface area contributed by atoms with E-state index >= 15 is 0 Å². The number of nitrogens with zero attached hydrogens (tertiary/aromatic N) is 1. The maximum absolute atomic E-state index is 10.4. The van der Waals surface area contributed by atoms with E-state index in [2.05, 4.69) is 20.9 Å². The van der Waals surface area contributed by atoms with Crippen LogP contribution in [0.15, 0.2) is 47.1 Å². The minimum atomic E-state index is -0.475. The van der Waals surface area contributed by atoms with Crippen molar-refractivity contribution >= 4 is 15.9 Å². The summed E-state index contributed by atoms with van der Waals surface area (Å²) in [6, 6.07) is 11.8. The number of pyridine rings is 1. The smallest absolute Gasteiger partial charge is 0.123 e. The largest absolute Gasteiger partial charge is 0.493 e. The van der Waals surface area contributed by atoms with Gasteiger partial charge < -0.3 is 9.84 Å². The third kappa shape index (κ3) is 2.65. The Morgan fingerprint density at radius 2 is 2.16 bits per heavy atom. The van der Waals surface area contributed by atoms with Gasteiger partial charge in [-0.25, -0.2) is 0 Å². The number of rotatable bonds is 3. The quantitative estimate of drug-likeness (QED) is 0.945. The van der Waals surface area contributed by atoms with Gasteiger partial charge in [0.2, 0.25) is 0 Å². The van der Waals surface area contributed by atoms with Crippen LogP contribution in [0.4, 0.5) is 0 Å². The molecule has 0 saturated heterocycles. The first-order valence-corrected chi connectivity index (χ1v) is 7.03. The van der Waals surface area contributed by atoms with Gasteiger partial charge in [0.25, 0.3) is 0 Å². The van der Waals surface area contributed by atoms with E-state index in [0.29, 0.717) is 13.0 Å². The summed E-state index contributed by atoms with van der Waals surface area (Å²) in [5.41, 5.74) is 1.98. The zero-order chi connectivity index (χ0) is 13.2. The molecule has 1 aromatic carbocycles. The summed E-state index contributed by atoms with van der Waals surface area (Å²) in [6.45, 7) is 0.539. The molecule has 19 heavy (non-hydrogen) atoms. The first-order chi connectivity index (χ1) is 9.24. The van der Waals surface area contributed by atoms with Crippen molar-refractivity contribution in [3.8, 4) is 5.75 Å². The summed E-state index contributed by atoms with van der Waals surface area (Å²) in [5.74, 6) is 0.914. The van der Waals surface area contributed by atoms with Crippen LogP contribution in [0.3, 0.4) is 0 Å². The first-order valence-electron chi connectivity index (χ1n) is 6.24. The molecule has 3 rings (SSSR count). The second-order valence-corrected chi connectivity index (χ2v) is 5.61. The van der Waals surface area contributed by atoms with Crippen molar-refractivity contribution in [3.05, 3.63) is 58.3 Å². The van der Waals surface area contributed by atoms with Crippen molar-refractivity contribution in [2.75, 3.05) is 6.61 Å². The molecule has 0 fully saturated rings. The monoisotopic (exact) mass is 319 g/mol. The molecule has 0 amide bonds. The topological polar surface area (TPSA) is 42.4 Å². The Bertz CT molecular complexity index is 571. The molecular weight excluding hydrogens is 306 g/mol. The Morgan fingerprint density at radius 3 is 2.95 bits per heavy atom. The molecule has 2 aromatic rings. The van der Waals surface area contributed by atoms with E-state index in [1.165, 1.54) is 0 Å². The van der Waals surface area contributed by atoms with Crippen molar-refractivity contribution in [3.63, 3.8) is 0 Å². The van der Waals surface area contributed by atoms with Crippen LogP contribution in [0.2, 0.25) is 0 Å². The van der Waals surface area contributed by atoms with Crippen molar-refractivity contribution < 1.29 is 9.84 Å². The normalized spacial score (nSPS) is 18.7. The predicted octanol–water partition coefficient (Wildman–Crippen LogP) is 2.92. The van der Waals surface area contributed by atoms with Gasteiger partial charge in [0.05, 0.1) is 12.7 Å². The van der Waals surface area contributed by atoms with E-state index in [9.17, 15) is 5.11 Å². The molecule has 0 spiro atoms. The Morgan fingerprint density at radius 1 is 1.32 bits per heavy atom. The van der Waals surface area contributed by atoms with Crippen LogP contribution in [0.25, 0.3) is 0 Å². The highest BCUT2D eigenvalue weighted by Crippen LogP contribution is 2.36. The van der Waals surface area contributed by atoms with Crippen LogP contribution in [0.1, 0.15) is 17.2 Å². The summed E-state index contributed by atoms with van der Waals surface area (Å²) in [4.78, 5) is 4.30. The number of hydrogen-bond donors (Lipinski definition) is 1. The molecular formula is C15H14BrNO2. The molecule has 0 bridgehead atoms. The number of aliphatic hydroxyl groups excluding tert-OH is 1. The van der Waals surface area contributed by atoms with E-state index in [0.717, 1.165) is 21.5 Å². The third-order valence-corrected chi connectivity index (χ3v) is 3.88. The second kappa shape index (κ2) is 5.31. The van der Waals surface area contributed by atoms with E-state index in [-0.39, 0.29) is 5.92 Å². The zero-order valence-corrected chi connectivity index (χ0v) is 11.9. The van der Waals surface area contributed by atoms with Gasteiger partial charge in [-0.2, -0.15) is 0 Å². The van der Waals surface area contributed by atoms with Crippen LogP contribution < -0.4 is 4.74 Å².